The van der Waals surface area contributed by atoms with E-state index in [1.54, 1.807) is 0 Å². The van der Waals surface area contributed by atoms with Gasteiger partial charge >= 0.3 is 5.97 Å². The Bertz CT molecular complexity index is 263. The van der Waals surface area contributed by atoms with Crippen LogP contribution in [0.3, 0.4) is 0 Å². The zero-order valence-corrected chi connectivity index (χ0v) is 10.1. The molecular formula is C12H22O3. The molecule has 0 aromatic rings. The second-order valence-corrected chi connectivity index (χ2v) is 4.70. The molecule has 0 bridgehead atoms. The third-order valence-corrected chi connectivity index (χ3v) is 3.00. The van der Waals surface area contributed by atoms with Crippen molar-refractivity contribution in [2.75, 3.05) is 6.58 Å². The van der Waals surface area contributed by atoms with Gasteiger partial charge in [0.2, 0.25) is 0 Å². The summed E-state index contributed by atoms with van der Waals surface area (Å²) in [7, 11) is 0. The van der Waals surface area contributed by atoms with Gasteiger partial charge in [-0.2, -0.15) is 0 Å². The summed E-state index contributed by atoms with van der Waals surface area (Å²) < 4.78 is 18.2. The van der Waals surface area contributed by atoms with Gasteiger partial charge in [0.15, 0.2) is 5.60 Å². The van der Waals surface area contributed by atoms with Crippen LogP contribution in [0, 0.1) is 0 Å². The highest BCUT2D eigenvalue weighted by atomic mass is 16.6. The molecule has 88 valence electrons. The minimum atomic E-state index is -0.836. The molecule has 0 aromatic carbocycles. The molecular weight excluding hydrogens is 192 g/mol. The highest BCUT2D eigenvalue weighted by Crippen LogP contribution is 2.38. The van der Waals surface area contributed by atoms with Crippen molar-refractivity contribution in [3.63, 3.8) is 0 Å². The van der Waals surface area contributed by atoms with Crippen LogP contribution in [-0.4, -0.2) is 23.8 Å². The van der Waals surface area contributed by atoms with Crippen molar-refractivity contribution in [1.29, 1.82) is 0 Å². The van der Waals surface area contributed by atoms with Gasteiger partial charge < -0.3 is 9.47 Å². The van der Waals surface area contributed by atoms with E-state index in [4.69, 9.17) is 10.8 Å². The SMILES string of the molecule is [3H]C(C)OC(=O)C1(CC)CCCC(C)(C)O1. The minimum Gasteiger partial charge on any atom is -0.464 e. The van der Waals surface area contributed by atoms with Crippen LogP contribution in [0.1, 0.15) is 54.7 Å². The monoisotopic (exact) mass is 216 g/mol. The van der Waals surface area contributed by atoms with Crippen LogP contribution in [0.2, 0.25) is 0 Å². The molecule has 0 aliphatic carbocycles. The number of carbonyl (C=O) groups is 1. The summed E-state index contributed by atoms with van der Waals surface area (Å²) in [5.41, 5.74) is -1.12. The number of esters is 1. The third-order valence-electron chi connectivity index (χ3n) is 3.00. The van der Waals surface area contributed by atoms with Gasteiger partial charge in [0, 0.05) is 0 Å². The van der Waals surface area contributed by atoms with E-state index >= 15 is 0 Å². The number of hydrogen-bond donors (Lipinski definition) is 0. The Kier molecular flexibility index (Phi) is 3.29. The number of hydrogen-bond acceptors (Lipinski definition) is 3. The topological polar surface area (TPSA) is 35.5 Å². The molecule has 0 amide bonds. The third kappa shape index (κ3) is 2.71. The second kappa shape index (κ2) is 4.52. The Hall–Kier alpha value is -0.570. The van der Waals surface area contributed by atoms with E-state index < -0.39 is 12.2 Å². The Morgan fingerprint density at radius 3 is 2.60 bits per heavy atom. The van der Waals surface area contributed by atoms with E-state index in [0.717, 1.165) is 12.8 Å². The fraction of sp³-hybridized carbons (Fsp3) is 0.917. The first-order chi connectivity index (χ1) is 7.31. The predicted octanol–water partition coefficient (Wildman–Crippen LogP) is 2.68. The zero-order chi connectivity index (χ0) is 12.4. The molecule has 1 saturated heterocycles. The first-order valence-corrected chi connectivity index (χ1v) is 5.65. The average Bonchev–Trinajstić information content (AvgIpc) is 2.14. The molecule has 0 aromatic heterocycles. The molecule has 2 atom stereocenters. The van der Waals surface area contributed by atoms with Gasteiger partial charge in [-0.05, 0) is 46.5 Å². The van der Waals surface area contributed by atoms with E-state index in [1.807, 2.05) is 20.8 Å². The second-order valence-electron chi connectivity index (χ2n) is 4.70. The highest BCUT2D eigenvalue weighted by Gasteiger charge is 2.46. The van der Waals surface area contributed by atoms with Crippen molar-refractivity contribution < 1.29 is 15.6 Å². The highest BCUT2D eigenvalue weighted by molar-refractivity contribution is 5.79. The van der Waals surface area contributed by atoms with E-state index in [-0.39, 0.29) is 11.6 Å². The normalized spacial score (nSPS) is 32.9. The summed E-state index contributed by atoms with van der Waals surface area (Å²) in [6, 6.07) is 0. The van der Waals surface area contributed by atoms with Crippen molar-refractivity contribution in [2.45, 2.75) is 64.6 Å². The molecule has 3 heteroatoms. The van der Waals surface area contributed by atoms with E-state index in [9.17, 15) is 4.79 Å². The quantitative estimate of drug-likeness (QED) is 0.680. The van der Waals surface area contributed by atoms with E-state index in [2.05, 4.69) is 0 Å². The van der Waals surface area contributed by atoms with Crippen molar-refractivity contribution in [2.24, 2.45) is 0 Å². The van der Waals surface area contributed by atoms with E-state index in [1.165, 1.54) is 6.92 Å². The summed E-state index contributed by atoms with van der Waals surface area (Å²) in [5.74, 6) is -0.384. The summed E-state index contributed by atoms with van der Waals surface area (Å²) >= 11 is 0. The molecule has 0 N–H and O–H groups in total. The van der Waals surface area contributed by atoms with Crippen LogP contribution >= 0.6 is 0 Å². The van der Waals surface area contributed by atoms with Crippen molar-refractivity contribution >= 4 is 5.97 Å². The van der Waals surface area contributed by atoms with Gasteiger partial charge in [0.1, 0.15) is 0 Å². The molecule has 1 aliphatic heterocycles. The largest absolute Gasteiger partial charge is 0.464 e. The van der Waals surface area contributed by atoms with Gasteiger partial charge in [-0.1, -0.05) is 6.92 Å². The minimum absolute atomic E-state index is 0.279. The number of ether oxygens (including phenoxy) is 2. The van der Waals surface area contributed by atoms with Gasteiger partial charge in [-0.15, -0.1) is 0 Å². The maximum absolute atomic E-state index is 12.0. The Morgan fingerprint density at radius 2 is 2.13 bits per heavy atom. The molecule has 0 saturated carbocycles. The number of carbonyl (C=O) groups excluding carboxylic acids is 1. The molecule has 0 radical (unpaired) electrons. The molecule has 1 rings (SSSR count). The van der Waals surface area contributed by atoms with Crippen LogP contribution in [-0.2, 0) is 14.3 Å². The molecule has 15 heavy (non-hydrogen) atoms. The summed E-state index contributed by atoms with van der Waals surface area (Å²) in [4.78, 5) is 12.0. The van der Waals surface area contributed by atoms with Gasteiger partial charge in [0.05, 0.1) is 13.6 Å². The van der Waals surface area contributed by atoms with Crippen molar-refractivity contribution in [3.8, 4) is 0 Å². The first-order valence-electron chi connectivity index (χ1n) is 6.22. The Balaban J connectivity index is 2.80. The molecule has 1 aliphatic rings. The smallest absolute Gasteiger partial charge is 0.338 e. The summed E-state index contributed by atoms with van der Waals surface area (Å²) in [6.45, 7) is 6.62. The van der Waals surface area contributed by atoms with Gasteiger partial charge in [-0.25, -0.2) is 4.79 Å². The van der Waals surface area contributed by atoms with Gasteiger partial charge in [-0.3, -0.25) is 0 Å². The Labute approximate surface area is 93.5 Å². The van der Waals surface area contributed by atoms with Crippen molar-refractivity contribution in [3.05, 3.63) is 0 Å². The van der Waals surface area contributed by atoms with Crippen LogP contribution in [0.25, 0.3) is 0 Å². The van der Waals surface area contributed by atoms with E-state index in [0.29, 0.717) is 12.8 Å². The fourth-order valence-electron chi connectivity index (χ4n) is 2.18. The average molecular weight is 216 g/mol. The predicted molar refractivity (Wildman–Crippen MR) is 58.7 cm³/mol. The molecule has 1 fully saturated rings. The standard InChI is InChI=1S/C12H22O3/c1-5-12(10(13)14-6-2)9-7-8-11(3,4)15-12/h5-9H2,1-4H3/i6T. The maximum atomic E-state index is 12.0. The maximum Gasteiger partial charge on any atom is 0.338 e. The summed E-state index contributed by atoms with van der Waals surface area (Å²) in [5, 5.41) is 0. The lowest BCUT2D eigenvalue weighted by Gasteiger charge is -2.43. The van der Waals surface area contributed by atoms with Crippen LogP contribution in [0.15, 0.2) is 0 Å². The zero-order valence-electron chi connectivity index (χ0n) is 11.1. The molecule has 0 spiro atoms. The lowest BCUT2D eigenvalue weighted by Crippen LogP contribution is -2.51. The fourth-order valence-corrected chi connectivity index (χ4v) is 2.18. The lowest BCUT2D eigenvalue weighted by atomic mass is 9.85. The van der Waals surface area contributed by atoms with Crippen LogP contribution in [0.5, 0.6) is 0 Å². The van der Waals surface area contributed by atoms with Crippen LogP contribution < -0.4 is 0 Å². The van der Waals surface area contributed by atoms with Crippen molar-refractivity contribution in [1.82, 2.24) is 0 Å². The first kappa shape index (κ1) is 10.9. The number of rotatable bonds is 3. The molecule has 3 nitrogen and oxygen atoms in total. The lowest BCUT2D eigenvalue weighted by molar-refractivity contribution is -0.208. The van der Waals surface area contributed by atoms with Crippen LogP contribution in [0.4, 0.5) is 0 Å². The Morgan fingerprint density at radius 1 is 1.47 bits per heavy atom. The summed E-state index contributed by atoms with van der Waals surface area (Å²) in [6.07, 6.45) is 3.21. The van der Waals surface area contributed by atoms with Gasteiger partial charge in [0.25, 0.3) is 0 Å². The molecule has 2 unspecified atom stereocenters. The molecule has 1 heterocycles.